The SMILES string of the molecule is Cc1cc(-c2cc(C(=O)NCc3c(C)noc3C)c3c(C)noc3n2)c(C)o1. The summed E-state index contributed by atoms with van der Waals surface area (Å²) in [5.74, 6) is 1.93. The highest BCUT2D eigenvalue weighted by molar-refractivity contribution is 6.07. The van der Waals surface area contributed by atoms with Crippen molar-refractivity contribution in [3.05, 3.63) is 51.9 Å². The van der Waals surface area contributed by atoms with Crippen LogP contribution in [0.25, 0.3) is 22.4 Å². The number of carbonyl (C=O) groups excluding carboxylic acids is 1. The van der Waals surface area contributed by atoms with Crippen LogP contribution in [0.3, 0.4) is 0 Å². The van der Waals surface area contributed by atoms with E-state index in [4.69, 9.17) is 13.5 Å². The van der Waals surface area contributed by atoms with E-state index in [0.717, 1.165) is 28.3 Å². The van der Waals surface area contributed by atoms with Crippen LogP contribution < -0.4 is 5.32 Å². The summed E-state index contributed by atoms with van der Waals surface area (Å²) in [6, 6.07) is 3.63. The maximum Gasteiger partial charge on any atom is 0.259 e. The van der Waals surface area contributed by atoms with E-state index in [2.05, 4.69) is 20.6 Å². The number of pyridine rings is 1. The number of hydrogen-bond donors (Lipinski definition) is 1. The van der Waals surface area contributed by atoms with E-state index >= 15 is 0 Å². The second kappa shape index (κ2) is 6.63. The molecule has 0 unspecified atom stereocenters. The third-order valence-corrected chi connectivity index (χ3v) is 4.79. The molecule has 0 saturated carbocycles. The quantitative estimate of drug-likeness (QED) is 0.571. The van der Waals surface area contributed by atoms with Crippen molar-refractivity contribution in [1.29, 1.82) is 0 Å². The number of furan rings is 1. The molecule has 0 bridgehead atoms. The normalized spacial score (nSPS) is 11.3. The number of fused-ring (bicyclic) bond motifs is 1. The highest BCUT2D eigenvalue weighted by Crippen LogP contribution is 2.30. The Labute approximate surface area is 160 Å². The molecule has 0 saturated heterocycles. The van der Waals surface area contributed by atoms with E-state index in [1.165, 1.54) is 0 Å². The average Bonchev–Trinajstić information content (AvgIpc) is 3.30. The summed E-state index contributed by atoms with van der Waals surface area (Å²) in [4.78, 5) is 17.5. The molecular weight excluding hydrogens is 360 g/mol. The first-order chi connectivity index (χ1) is 13.3. The minimum Gasteiger partial charge on any atom is -0.466 e. The molecular formula is C20H20N4O4. The topological polar surface area (TPSA) is 107 Å². The van der Waals surface area contributed by atoms with Gasteiger partial charge in [-0.1, -0.05) is 10.3 Å². The van der Waals surface area contributed by atoms with Gasteiger partial charge in [-0.15, -0.1) is 0 Å². The summed E-state index contributed by atoms with van der Waals surface area (Å²) in [5.41, 5.74) is 4.40. The third kappa shape index (κ3) is 2.96. The Kier molecular flexibility index (Phi) is 4.26. The summed E-state index contributed by atoms with van der Waals surface area (Å²) in [6.45, 7) is 9.48. The van der Waals surface area contributed by atoms with Crippen molar-refractivity contribution in [3.8, 4) is 11.3 Å². The Morgan fingerprint density at radius 3 is 2.39 bits per heavy atom. The molecule has 0 aliphatic rings. The first kappa shape index (κ1) is 18.0. The minimum absolute atomic E-state index is 0.252. The monoisotopic (exact) mass is 380 g/mol. The van der Waals surface area contributed by atoms with Crippen LogP contribution in [0.15, 0.2) is 25.6 Å². The molecule has 8 nitrogen and oxygen atoms in total. The highest BCUT2D eigenvalue weighted by Gasteiger charge is 2.21. The smallest absolute Gasteiger partial charge is 0.259 e. The van der Waals surface area contributed by atoms with Crippen LogP contribution in [-0.2, 0) is 6.54 Å². The first-order valence-corrected chi connectivity index (χ1v) is 8.89. The molecule has 0 fully saturated rings. The highest BCUT2D eigenvalue weighted by atomic mass is 16.5. The lowest BCUT2D eigenvalue weighted by Gasteiger charge is -2.08. The van der Waals surface area contributed by atoms with E-state index in [9.17, 15) is 4.79 Å². The Morgan fingerprint density at radius 1 is 1.00 bits per heavy atom. The number of aromatic nitrogens is 3. The van der Waals surface area contributed by atoms with Crippen molar-refractivity contribution >= 4 is 17.0 Å². The molecule has 0 spiro atoms. The second-order valence-corrected chi connectivity index (χ2v) is 6.82. The molecule has 4 aromatic rings. The number of carbonyl (C=O) groups is 1. The zero-order valence-electron chi connectivity index (χ0n) is 16.3. The van der Waals surface area contributed by atoms with Gasteiger partial charge in [-0.3, -0.25) is 4.79 Å². The lowest BCUT2D eigenvalue weighted by Crippen LogP contribution is -2.23. The average molecular weight is 380 g/mol. The zero-order chi connectivity index (χ0) is 20.0. The fourth-order valence-corrected chi connectivity index (χ4v) is 3.32. The molecule has 4 aromatic heterocycles. The summed E-state index contributed by atoms with van der Waals surface area (Å²) in [5, 5.41) is 11.4. The van der Waals surface area contributed by atoms with Gasteiger partial charge in [-0.05, 0) is 46.8 Å². The Morgan fingerprint density at radius 2 is 1.75 bits per heavy atom. The van der Waals surface area contributed by atoms with E-state index in [1.807, 2.05) is 33.8 Å². The van der Waals surface area contributed by atoms with Crippen molar-refractivity contribution in [2.45, 2.75) is 41.2 Å². The van der Waals surface area contributed by atoms with Crippen LogP contribution in [0, 0.1) is 34.6 Å². The number of nitrogens with zero attached hydrogens (tertiary/aromatic N) is 3. The Hall–Kier alpha value is -3.42. The maximum absolute atomic E-state index is 13.0. The van der Waals surface area contributed by atoms with Crippen LogP contribution in [0.1, 0.15) is 44.6 Å². The molecule has 8 heteroatoms. The lowest BCUT2D eigenvalue weighted by molar-refractivity contribution is 0.0952. The standard InChI is InChI=1S/C20H20N4O4/c1-9-6-14(12(4)26-9)17-7-15(18-11(3)24-28-20(18)22-17)19(25)21-8-16-10(2)23-27-13(16)5/h6-7H,8H2,1-5H3,(H,21,25). The fourth-order valence-electron chi connectivity index (χ4n) is 3.32. The molecule has 28 heavy (non-hydrogen) atoms. The van der Waals surface area contributed by atoms with Crippen molar-refractivity contribution in [2.24, 2.45) is 0 Å². The fraction of sp³-hybridized carbons (Fsp3) is 0.300. The van der Waals surface area contributed by atoms with Gasteiger partial charge in [-0.25, -0.2) is 4.98 Å². The molecule has 0 radical (unpaired) electrons. The summed E-state index contributed by atoms with van der Waals surface area (Å²) in [6.07, 6.45) is 0. The maximum atomic E-state index is 13.0. The van der Waals surface area contributed by atoms with Gasteiger partial charge < -0.3 is 18.8 Å². The summed E-state index contributed by atoms with van der Waals surface area (Å²) >= 11 is 0. The number of aryl methyl sites for hydroxylation is 5. The van der Waals surface area contributed by atoms with E-state index in [1.54, 1.807) is 13.0 Å². The van der Waals surface area contributed by atoms with Crippen molar-refractivity contribution in [1.82, 2.24) is 20.6 Å². The first-order valence-electron chi connectivity index (χ1n) is 8.89. The zero-order valence-corrected chi connectivity index (χ0v) is 16.3. The van der Waals surface area contributed by atoms with Crippen molar-refractivity contribution < 1.29 is 18.3 Å². The van der Waals surface area contributed by atoms with Gasteiger partial charge in [0.05, 0.1) is 28.0 Å². The molecule has 4 heterocycles. The van der Waals surface area contributed by atoms with Crippen LogP contribution in [0.2, 0.25) is 0 Å². The van der Waals surface area contributed by atoms with Crippen molar-refractivity contribution in [2.75, 3.05) is 0 Å². The van der Waals surface area contributed by atoms with Gasteiger partial charge in [0.15, 0.2) is 0 Å². The van der Waals surface area contributed by atoms with Crippen LogP contribution in [-0.4, -0.2) is 21.2 Å². The van der Waals surface area contributed by atoms with Gasteiger partial charge in [0.25, 0.3) is 11.6 Å². The van der Waals surface area contributed by atoms with Gasteiger partial charge in [0.1, 0.15) is 17.3 Å². The van der Waals surface area contributed by atoms with Crippen LogP contribution in [0.4, 0.5) is 0 Å². The van der Waals surface area contributed by atoms with Gasteiger partial charge in [0.2, 0.25) is 0 Å². The third-order valence-electron chi connectivity index (χ3n) is 4.79. The number of rotatable bonds is 4. The molecule has 0 aliphatic carbocycles. The summed E-state index contributed by atoms with van der Waals surface area (Å²) < 4.78 is 16.1. The number of amides is 1. The Bertz CT molecular complexity index is 1180. The largest absolute Gasteiger partial charge is 0.466 e. The summed E-state index contributed by atoms with van der Waals surface area (Å²) in [7, 11) is 0. The van der Waals surface area contributed by atoms with Gasteiger partial charge in [-0.2, -0.15) is 0 Å². The number of hydrogen-bond acceptors (Lipinski definition) is 7. The van der Waals surface area contributed by atoms with Gasteiger partial charge in [0, 0.05) is 17.7 Å². The van der Waals surface area contributed by atoms with Gasteiger partial charge >= 0.3 is 0 Å². The van der Waals surface area contributed by atoms with E-state index in [0.29, 0.717) is 40.4 Å². The minimum atomic E-state index is -0.252. The molecule has 144 valence electrons. The van der Waals surface area contributed by atoms with Crippen LogP contribution in [0.5, 0.6) is 0 Å². The molecule has 4 rings (SSSR count). The van der Waals surface area contributed by atoms with E-state index < -0.39 is 0 Å². The second-order valence-electron chi connectivity index (χ2n) is 6.82. The molecule has 0 aromatic carbocycles. The Balaban J connectivity index is 1.75. The van der Waals surface area contributed by atoms with E-state index in [-0.39, 0.29) is 5.91 Å². The van der Waals surface area contributed by atoms with Crippen LogP contribution >= 0.6 is 0 Å². The molecule has 0 atom stereocenters. The molecule has 1 N–H and O–H groups in total. The predicted octanol–water partition coefficient (Wildman–Crippen LogP) is 3.94. The lowest BCUT2D eigenvalue weighted by atomic mass is 10.1. The molecule has 1 amide bonds. The number of nitrogens with one attached hydrogen (secondary N) is 1. The predicted molar refractivity (Wildman–Crippen MR) is 101 cm³/mol. The van der Waals surface area contributed by atoms with Crippen molar-refractivity contribution in [3.63, 3.8) is 0 Å². The molecule has 0 aliphatic heterocycles.